The molecule has 1 aromatic carbocycles. The number of ketones is 1. The molecule has 0 amide bonds. The number of Topliss-reactive ketones (excluding diaryl/α,β-unsaturated/α-hetero) is 1. The Morgan fingerprint density at radius 1 is 1.33 bits per heavy atom. The summed E-state index contributed by atoms with van der Waals surface area (Å²) in [6.07, 6.45) is 3.56. The fraction of sp³-hybridized carbons (Fsp3) is 0.250. The number of allylic oxidation sites excluding steroid dienone is 1. The molecule has 1 aliphatic rings. The maximum absolute atomic E-state index is 12.1. The van der Waals surface area contributed by atoms with Gasteiger partial charge in [0.05, 0.1) is 4.36 Å². The van der Waals surface area contributed by atoms with Crippen molar-refractivity contribution in [3.63, 3.8) is 0 Å². The van der Waals surface area contributed by atoms with Gasteiger partial charge in [-0.3, -0.25) is 4.79 Å². The topological polar surface area (TPSA) is 17.1 Å². The molecular formula is C12H11ClOS. The monoisotopic (exact) mass is 238 g/mol. The molecule has 0 atom stereocenters. The van der Waals surface area contributed by atoms with Crippen molar-refractivity contribution in [1.82, 2.24) is 0 Å². The Morgan fingerprint density at radius 2 is 2.07 bits per heavy atom. The second-order valence-electron chi connectivity index (χ2n) is 3.44. The van der Waals surface area contributed by atoms with Crippen LogP contribution in [0, 0.1) is 0 Å². The molecule has 0 aliphatic heterocycles. The highest BCUT2D eigenvalue weighted by atomic mass is 35.5. The van der Waals surface area contributed by atoms with Crippen LogP contribution in [0.4, 0.5) is 0 Å². The van der Waals surface area contributed by atoms with Gasteiger partial charge in [-0.1, -0.05) is 35.9 Å². The molecule has 0 saturated carbocycles. The molecule has 0 aromatic heterocycles. The van der Waals surface area contributed by atoms with Gasteiger partial charge in [-0.2, -0.15) is 0 Å². The minimum atomic E-state index is 0.0937. The highest BCUT2D eigenvalue weighted by molar-refractivity contribution is 8.03. The number of carbonyl (C=O) groups excluding carboxylic acids is 1. The summed E-state index contributed by atoms with van der Waals surface area (Å²) in [5.41, 5.74) is 2.71. The van der Waals surface area contributed by atoms with Gasteiger partial charge < -0.3 is 0 Å². The van der Waals surface area contributed by atoms with Gasteiger partial charge >= 0.3 is 0 Å². The van der Waals surface area contributed by atoms with Crippen molar-refractivity contribution in [1.29, 1.82) is 0 Å². The zero-order valence-corrected chi connectivity index (χ0v) is 9.99. The lowest BCUT2D eigenvalue weighted by Gasteiger charge is -2.17. The van der Waals surface area contributed by atoms with Crippen molar-refractivity contribution in [2.45, 2.75) is 12.8 Å². The molecule has 2 rings (SSSR count). The average Bonchev–Trinajstić information content (AvgIpc) is 2.29. The third-order valence-electron chi connectivity index (χ3n) is 2.60. The maximum atomic E-state index is 12.1. The van der Waals surface area contributed by atoms with Crippen LogP contribution in [0.15, 0.2) is 34.2 Å². The van der Waals surface area contributed by atoms with Crippen molar-refractivity contribution in [2.75, 3.05) is 6.26 Å². The Kier molecular flexibility index (Phi) is 3.17. The van der Waals surface area contributed by atoms with E-state index in [1.54, 1.807) is 0 Å². The Hall–Kier alpha value is -0.730. The minimum absolute atomic E-state index is 0.0937. The number of hydrogen-bond donors (Lipinski definition) is 0. The van der Waals surface area contributed by atoms with E-state index in [1.165, 1.54) is 11.8 Å². The van der Waals surface area contributed by atoms with E-state index in [0.29, 0.717) is 4.36 Å². The quantitative estimate of drug-likeness (QED) is 0.695. The lowest BCUT2D eigenvalue weighted by Crippen LogP contribution is -2.14. The Labute approximate surface area is 98.5 Å². The van der Waals surface area contributed by atoms with Gasteiger partial charge in [0.2, 0.25) is 0 Å². The number of fused-ring (bicyclic) bond motifs is 1. The molecule has 1 nitrogen and oxygen atoms in total. The van der Waals surface area contributed by atoms with E-state index in [-0.39, 0.29) is 5.78 Å². The smallest absolute Gasteiger partial charge is 0.191 e. The van der Waals surface area contributed by atoms with Crippen molar-refractivity contribution in [3.8, 4) is 0 Å². The molecule has 0 unspecified atom stereocenters. The molecular weight excluding hydrogens is 228 g/mol. The summed E-state index contributed by atoms with van der Waals surface area (Å²) in [4.78, 5) is 12.1. The first kappa shape index (κ1) is 10.8. The van der Waals surface area contributed by atoms with E-state index in [2.05, 4.69) is 0 Å². The first-order valence-electron chi connectivity index (χ1n) is 4.79. The Balaban J connectivity index is 2.47. The fourth-order valence-electron chi connectivity index (χ4n) is 1.81. The van der Waals surface area contributed by atoms with Crippen LogP contribution < -0.4 is 0 Å². The number of carbonyl (C=O) groups is 1. The fourth-order valence-corrected chi connectivity index (χ4v) is 2.43. The van der Waals surface area contributed by atoms with Gasteiger partial charge in [0.25, 0.3) is 0 Å². The van der Waals surface area contributed by atoms with Gasteiger partial charge in [0, 0.05) is 11.1 Å². The van der Waals surface area contributed by atoms with Gasteiger partial charge in [-0.15, -0.1) is 11.8 Å². The van der Waals surface area contributed by atoms with E-state index in [0.717, 1.165) is 29.5 Å². The summed E-state index contributed by atoms with van der Waals surface area (Å²) in [6, 6.07) is 7.75. The Morgan fingerprint density at radius 3 is 2.80 bits per heavy atom. The van der Waals surface area contributed by atoms with Crippen molar-refractivity contribution >= 4 is 29.1 Å². The number of thioether (sulfide) groups is 1. The summed E-state index contributed by atoms with van der Waals surface area (Å²) < 4.78 is 0.634. The second-order valence-corrected chi connectivity index (χ2v) is 4.86. The normalized spacial score (nSPS) is 18.7. The van der Waals surface area contributed by atoms with Crippen LogP contribution in [-0.4, -0.2) is 12.0 Å². The molecule has 0 radical (unpaired) electrons. The summed E-state index contributed by atoms with van der Waals surface area (Å²) in [7, 11) is 0. The maximum Gasteiger partial charge on any atom is 0.191 e. The summed E-state index contributed by atoms with van der Waals surface area (Å²) in [5, 5.41) is 0. The predicted octanol–water partition coefficient (Wildman–Crippen LogP) is 3.63. The minimum Gasteiger partial charge on any atom is -0.289 e. The summed E-state index contributed by atoms with van der Waals surface area (Å²) >= 11 is 7.46. The number of hydrogen-bond acceptors (Lipinski definition) is 2. The molecule has 0 bridgehead atoms. The summed E-state index contributed by atoms with van der Waals surface area (Å²) in [5.74, 6) is 0.0937. The largest absolute Gasteiger partial charge is 0.289 e. The average molecular weight is 239 g/mol. The lowest BCUT2D eigenvalue weighted by molar-refractivity contribution is 0.102. The van der Waals surface area contributed by atoms with E-state index >= 15 is 0 Å². The van der Waals surface area contributed by atoms with Crippen molar-refractivity contribution < 1.29 is 4.79 Å². The number of halogens is 1. The van der Waals surface area contributed by atoms with Crippen molar-refractivity contribution in [3.05, 3.63) is 45.3 Å². The molecule has 15 heavy (non-hydrogen) atoms. The molecule has 0 fully saturated rings. The van der Waals surface area contributed by atoms with E-state index in [9.17, 15) is 4.79 Å². The van der Waals surface area contributed by atoms with Crippen LogP contribution in [0.5, 0.6) is 0 Å². The number of benzene rings is 1. The first-order valence-corrected chi connectivity index (χ1v) is 6.39. The van der Waals surface area contributed by atoms with Crippen molar-refractivity contribution in [2.24, 2.45) is 0 Å². The van der Waals surface area contributed by atoms with Gasteiger partial charge in [0.1, 0.15) is 0 Å². The summed E-state index contributed by atoms with van der Waals surface area (Å²) in [6.45, 7) is 0. The van der Waals surface area contributed by atoms with Crippen LogP contribution >= 0.6 is 23.4 Å². The number of aryl methyl sites for hydroxylation is 1. The predicted molar refractivity (Wildman–Crippen MR) is 65.5 cm³/mol. The van der Waals surface area contributed by atoms with Gasteiger partial charge in [-0.05, 0) is 24.7 Å². The highest BCUT2D eigenvalue weighted by Crippen LogP contribution is 2.32. The van der Waals surface area contributed by atoms with E-state index in [1.807, 2.05) is 30.5 Å². The van der Waals surface area contributed by atoms with Crippen LogP contribution in [0.2, 0.25) is 0 Å². The molecule has 0 saturated heterocycles. The Bertz CT molecular complexity index is 437. The van der Waals surface area contributed by atoms with Gasteiger partial charge in [-0.25, -0.2) is 0 Å². The van der Waals surface area contributed by atoms with E-state index in [4.69, 9.17) is 11.6 Å². The van der Waals surface area contributed by atoms with E-state index < -0.39 is 0 Å². The van der Waals surface area contributed by atoms with Crippen LogP contribution in [0.3, 0.4) is 0 Å². The lowest BCUT2D eigenvalue weighted by atomic mass is 9.88. The molecule has 1 aliphatic carbocycles. The molecule has 0 spiro atoms. The standard InChI is InChI=1S/C12H11ClOS/c1-15-12(13)10-7-6-8-4-2-3-5-9(8)11(10)14/h2-5H,6-7H2,1H3/b12-10-. The molecule has 0 heterocycles. The van der Waals surface area contributed by atoms with Crippen LogP contribution in [-0.2, 0) is 6.42 Å². The zero-order chi connectivity index (χ0) is 10.8. The molecule has 1 aromatic rings. The second kappa shape index (κ2) is 4.42. The van der Waals surface area contributed by atoms with Crippen LogP contribution in [0.25, 0.3) is 0 Å². The zero-order valence-electron chi connectivity index (χ0n) is 8.42. The highest BCUT2D eigenvalue weighted by Gasteiger charge is 2.23. The first-order chi connectivity index (χ1) is 7.24. The third kappa shape index (κ3) is 1.97. The molecule has 0 N–H and O–H groups in total. The molecule has 78 valence electrons. The van der Waals surface area contributed by atoms with Crippen LogP contribution in [0.1, 0.15) is 22.3 Å². The SMILES string of the molecule is CS/C(Cl)=C1/CCc2ccccc2C1=O. The van der Waals surface area contributed by atoms with Gasteiger partial charge in [0.15, 0.2) is 5.78 Å². The third-order valence-corrected chi connectivity index (χ3v) is 3.89. The number of rotatable bonds is 1. The molecule has 3 heteroatoms.